The van der Waals surface area contributed by atoms with Crippen molar-refractivity contribution in [2.45, 2.75) is 45.2 Å². The van der Waals surface area contributed by atoms with Gasteiger partial charge in [0.05, 0.1) is 5.75 Å². The van der Waals surface area contributed by atoms with E-state index in [1.54, 1.807) is 0 Å². The number of carboxylic acid groups (broad SMARTS) is 1. The van der Waals surface area contributed by atoms with Crippen LogP contribution in [0.25, 0.3) is 0 Å². The quantitative estimate of drug-likeness (QED) is 0.752. The summed E-state index contributed by atoms with van der Waals surface area (Å²) in [7, 11) is -3.51. The zero-order chi connectivity index (χ0) is 17.7. The van der Waals surface area contributed by atoms with Gasteiger partial charge in [-0.05, 0) is 17.5 Å². The molecule has 0 saturated heterocycles. The number of carbonyl (C=O) groups is 2. The van der Waals surface area contributed by atoms with Crippen LogP contribution in [0.3, 0.4) is 0 Å². The van der Waals surface area contributed by atoms with Crippen LogP contribution >= 0.6 is 0 Å². The minimum Gasteiger partial charge on any atom is -0.480 e. The number of benzene rings is 1. The number of sulfone groups is 1. The molecule has 0 fully saturated rings. The Balaban J connectivity index is 2.13. The third-order valence-corrected chi connectivity index (χ3v) is 5.85. The molecule has 1 heterocycles. The number of rotatable bonds is 7. The van der Waals surface area contributed by atoms with Gasteiger partial charge in [0.2, 0.25) is 5.91 Å². The van der Waals surface area contributed by atoms with E-state index in [2.05, 4.69) is 0 Å². The lowest BCUT2D eigenvalue weighted by Gasteiger charge is -2.34. The zero-order valence-corrected chi connectivity index (χ0v) is 14.6. The first-order chi connectivity index (χ1) is 11.3. The Hall–Kier alpha value is -1.89. The molecule has 132 valence electrons. The number of aliphatic carboxylic acids is 1. The van der Waals surface area contributed by atoms with Crippen molar-refractivity contribution in [3.8, 4) is 0 Å². The molecule has 1 atom stereocenters. The number of amides is 1. The SMILES string of the molecule is CCCCCS(=O)(=O)CC(=O)N1Cc2ccccc2CC1C(=O)O. The predicted octanol–water partition coefficient (Wildman–Crippen LogP) is 1.63. The van der Waals surface area contributed by atoms with Crippen LogP contribution in [0.5, 0.6) is 0 Å². The van der Waals surface area contributed by atoms with Gasteiger partial charge < -0.3 is 10.0 Å². The van der Waals surface area contributed by atoms with Gasteiger partial charge in [-0.1, -0.05) is 44.0 Å². The molecular formula is C17H23NO5S. The van der Waals surface area contributed by atoms with Gasteiger partial charge in [0.1, 0.15) is 11.8 Å². The summed E-state index contributed by atoms with van der Waals surface area (Å²) >= 11 is 0. The molecular weight excluding hydrogens is 330 g/mol. The van der Waals surface area contributed by atoms with Gasteiger partial charge in [-0.3, -0.25) is 4.79 Å². The number of carboxylic acids is 1. The molecule has 1 N–H and O–H groups in total. The van der Waals surface area contributed by atoms with Gasteiger partial charge in [0.15, 0.2) is 9.84 Å². The first-order valence-electron chi connectivity index (χ1n) is 8.13. The Morgan fingerprint density at radius 1 is 1.21 bits per heavy atom. The normalized spacial score (nSPS) is 17.4. The van der Waals surface area contributed by atoms with E-state index in [-0.39, 0.29) is 18.7 Å². The van der Waals surface area contributed by atoms with Crippen LogP contribution in [0.15, 0.2) is 24.3 Å². The fourth-order valence-corrected chi connectivity index (χ4v) is 4.25. The maximum absolute atomic E-state index is 12.5. The number of carbonyl (C=O) groups excluding carboxylic acids is 1. The van der Waals surface area contributed by atoms with E-state index in [0.29, 0.717) is 6.42 Å². The van der Waals surface area contributed by atoms with Crippen LogP contribution in [0.1, 0.15) is 37.3 Å². The topological polar surface area (TPSA) is 91.8 Å². The monoisotopic (exact) mass is 353 g/mol. The minimum atomic E-state index is -3.51. The molecule has 1 unspecified atom stereocenters. The van der Waals surface area contributed by atoms with E-state index in [4.69, 9.17) is 0 Å². The molecule has 6 nitrogen and oxygen atoms in total. The predicted molar refractivity (Wildman–Crippen MR) is 90.3 cm³/mol. The highest BCUT2D eigenvalue weighted by molar-refractivity contribution is 7.92. The Morgan fingerprint density at radius 2 is 1.88 bits per heavy atom. The van der Waals surface area contributed by atoms with E-state index >= 15 is 0 Å². The lowest BCUT2D eigenvalue weighted by atomic mass is 9.94. The summed E-state index contributed by atoms with van der Waals surface area (Å²) in [6.45, 7) is 2.11. The van der Waals surface area contributed by atoms with E-state index in [9.17, 15) is 23.1 Å². The molecule has 0 aromatic heterocycles. The molecule has 0 aliphatic carbocycles. The van der Waals surface area contributed by atoms with Crippen LogP contribution in [-0.2, 0) is 32.4 Å². The van der Waals surface area contributed by atoms with Crippen molar-refractivity contribution in [2.75, 3.05) is 11.5 Å². The third kappa shape index (κ3) is 4.56. The van der Waals surface area contributed by atoms with Gasteiger partial charge in [0, 0.05) is 13.0 Å². The van der Waals surface area contributed by atoms with Crippen molar-refractivity contribution in [3.63, 3.8) is 0 Å². The van der Waals surface area contributed by atoms with E-state index in [1.807, 2.05) is 31.2 Å². The van der Waals surface area contributed by atoms with Crippen LogP contribution < -0.4 is 0 Å². The number of hydrogen-bond acceptors (Lipinski definition) is 4. The number of hydrogen-bond donors (Lipinski definition) is 1. The van der Waals surface area contributed by atoms with E-state index in [0.717, 1.165) is 24.0 Å². The molecule has 1 amide bonds. The maximum Gasteiger partial charge on any atom is 0.326 e. The van der Waals surface area contributed by atoms with Crippen molar-refractivity contribution in [3.05, 3.63) is 35.4 Å². The summed E-state index contributed by atoms with van der Waals surface area (Å²) in [6, 6.07) is 6.31. The van der Waals surface area contributed by atoms with Gasteiger partial charge >= 0.3 is 5.97 Å². The Kier molecular flexibility index (Phi) is 5.99. The molecule has 24 heavy (non-hydrogen) atoms. The molecule has 0 saturated carbocycles. The lowest BCUT2D eigenvalue weighted by Crippen LogP contribution is -2.50. The highest BCUT2D eigenvalue weighted by atomic mass is 32.2. The van der Waals surface area contributed by atoms with Gasteiger partial charge in [-0.15, -0.1) is 0 Å². The van der Waals surface area contributed by atoms with Gasteiger partial charge in [0.25, 0.3) is 0 Å². The molecule has 0 radical (unpaired) electrons. The second kappa shape index (κ2) is 7.79. The van der Waals surface area contributed by atoms with Crippen molar-refractivity contribution in [2.24, 2.45) is 0 Å². The largest absolute Gasteiger partial charge is 0.480 e. The molecule has 1 aromatic rings. The van der Waals surface area contributed by atoms with Crippen LogP contribution in [0.2, 0.25) is 0 Å². The van der Waals surface area contributed by atoms with Crippen LogP contribution in [0, 0.1) is 0 Å². The average molecular weight is 353 g/mol. The lowest BCUT2D eigenvalue weighted by molar-refractivity contribution is -0.150. The maximum atomic E-state index is 12.5. The molecule has 1 aliphatic rings. The summed E-state index contributed by atoms with van der Waals surface area (Å²) < 4.78 is 24.2. The highest BCUT2D eigenvalue weighted by Crippen LogP contribution is 2.24. The summed E-state index contributed by atoms with van der Waals surface area (Å²) in [5.74, 6) is -2.40. The van der Waals surface area contributed by atoms with Crippen LogP contribution in [0.4, 0.5) is 0 Å². The first-order valence-corrected chi connectivity index (χ1v) is 9.95. The third-order valence-electron chi connectivity index (χ3n) is 4.26. The number of unbranched alkanes of at least 4 members (excludes halogenated alkanes) is 2. The van der Waals surface area contributed by atoms with Gasteiger partial charge in [-0.2, -0.15) is 0 Å². The number of nitrogens with zero attached hydrogens (tertiary/aromatic N) is 1. The average Bonchev–Trinajstić information content (AvgIpc) is 2.53. The number of fused-ring (bicyclic) bond motifs is 1. The second-order valence-corrected chi connectivity index (χ2v) is 8.33. The summed E-state index contributed by atoms with van der Waals surface area (Å²) in [5.41, 5.74) is 1.76. The Bertz CT molecular complexity index is 713. The van der Waals surface area contributed by atoms with E-state index < -0.39 is 33.5 Å². The summed E-state index contributed by atoms with van der Waals surface area (Å²) in [5, 5.41) is 9.41. The van der Waals surface area contributed by atoms with Gasteiger partial charge in [-0.25, -0.2) is 13.2 Å². The molecule has 1 aliphatic heterocycles. The molecule has 7 heteroatoms. The molecule has 0 bridgehead atoms. The fourth-order valence-electron chi connectivity index (χ4n) is 2.92. The molecule has 2 rings (SSSR count). The zero-order valence-electron chi connectivity index (χ0n) is 13.8. The summed E-state index contributed by atoms with van der Waals surface area (Å²) in [6.07, 6.45) is 2.42. The minimum absolute atomic E-state index is 0.0330. The standard InChI is InChI=1S/C17H23NO5S/c1-2-3-6-9-24(22,23)12-16(19)18-11-14-8-5-4-7-13(14)10-15(18)17(20)21/h4-5,7-8,15H,2-3,6,9-12H2,1H3,(H,20,21). The van der Waals surface area contributed by atoms with E-state index in [1.165, 1.54) is 4.90 Å². The fraction of sp³-hybridized carbons (Fsp3) is 0.529. The van der Waals surface area contributed by atoms with Crippen LogP contribution in [-0.4, -0.2) is 47.8 Å². The van der Waals surface area contributed by atoms with Crippen molar-refractivity contribution < 1.29 is 23.1 Å². The highest BCUT2D eigenvalue weighted by Gasteiger charge is 2.35. The molecule has 0 spiro atoms. The second-order valence-electron chi connectivity index (χ2n) is 6.15. The van der Waals surface area contributed by atoms with Crippen molar-refractivity contribution in [1.82, 2.24) is 4.90 Å². The Labute approximate surface area is 142 Å². The smallest absolute Gasteiger partial charge is 0.326 e. The summed E-state index contributed by atoms with van der Waals surface area (Å²) in [4.78, 5) is 25.1. The Morgan fingerprint density at radius 3 is 2.50 bits per heavy atom. The molecule has 1 aromatic carbocycles. The first kappa shape index (κ1) is 18.4. The van der Waals surface area contributed by atoms with Crippen molar-refractivity contribution >= 4 is 21.7 Å². The van der Waals surface area contributed by atoms with Crippen molar-refractivity contribution in [1.29, 1.82) is 0 Å².